The third kappa shape index (κ3) is 4.58. The molecule has 1 heterocycles. The van der Waals surface area contributed by atoms with Gasteiger partial charge in [-0.15, -0.1) is 0 Å². The van der Waals surface area contributed by atoms with Crippen LogP contribution in [0.1, 0.15) is 39.5 Å². The highest BCUT2D eigenvalue weighted by atomic mass is 19.1. The van der Waals surface area contributed by atoms with Crippen LogP contribution in [0.15, 0.2) is 72.8 Å². The number of nitrogens with one attached hydrogen (secondary N) is 1. The summed E-state index contributed by atoms with van der Waals surface area (Å²) in [5.41, 5.74) is 3.24. The molecule has 0 fully saturated rings. The summed E-state index contributed by atoms with van der Waals surface area (Å²) in [6.45, 7) is 0.788. The Morgan fingerprint density at radius 1 is 1.06 bits per heavy atom. The molecule has 0 spiro atoms. The lowest BCUT2D eigenvalue weighted by atomic mass is 10.0. The number of rotatable bonds is 7. The Morgan fingerprint density at radius 3 is 2.45 bits per heavy atom. The minimum Gasteiger partial charge on any atom is -0.497 e. The molecule has 0 saturated heterocycles. The van der Waals surface area contributed by atoms with E-state index in [4.69, 9.17) is 4.74 Å². The number of hydrogen-bond acceptors (Lipinski definition) is 3. The molecule has 3 aromatic carbocycles. The number of halogens is 1. The summed E-state index contributed by atoms with van der Waals surface area (Å²) in [5, 5.41) is 2.92. The Morgan fingerprint density at radius 2 is 1.77 bits per heavy atom. The summed E-state index contributed by atoms with van der Waals surface area (Å²) in [4.78, 5) is 27.5. The van der Waals surface area contributed by atoms with Gasteiger partial charge < -0.3 is 15.0 Å². The molecule has 3 aromatic rings. The van der Waals surface area contributed by atoms with Gasteiger partial charge >= 0.3 is 0 Å². The molecule has 1 aliphatic heterocycles. The molecule has 1 unspecified atom stereocenters. The van der Waals surface area contributed by atoms with Crippen molar-refractivity contribution in [2.45, 2.75) is 25.6 Å². The second-order valence-electron chi connectivity index (χ2n) is 7.49. The highest BCUT2D eigenvalue weighted by Crippen LogP contribution is 2.33. The number of benzene rings is 3. The van der Waals surface area contributed by atoms with Crippen molar-refractivity contribution in [3.63, 3.8) is 0 Å². The van der Waals surface area contributed by atoms with Crippen molar-refractivity contribution in [1.29, 1.82) is 0 Å². The number of ether oxygens (including phenoxy) is 1. The van der Waals surface area contributed by atoms with Crippen molar-refractivity contribution >= 4 is 11.8 Å². The van der Waals surface area contributed by atoms with E-state index in [-0.39, 0.29) is 24.1 Å². The van der Waals surface area contributed by atoms with Crippen LogP contribution >= 0.6 is 0 Å². The zero-order valence-corrected chi connectivity index (χ0v) is 17.2. The lowest BCUT2D eigenvalue weighted by Crippen LogP contribution is -2.34. The molecule has 1 aliphatic rings. The van der Waals surface area contributed by atoms with Crippen molar-refractivity contribution in [3.05, 3.63) is 101 Å². The van der Waals surface area contributed by atoms with E-state index < -0.39 is 6.04 Å². The van der Waals surface area contributed by atoms with Gasteiger partial charge in [-0.3, -0.25) is 9.59 Å². The average Bonchev–Trinajstić information content (AvgIpc) is 3.13. The monoisotopic (exact) mass is 418 g/mol. The van der Waals surface area contributed by atoms with Gasteiger partial charge in [0.15, 0.2) is 0 Å². The molecule has 0 aliphatic carbocycles. The van der Waals surface area contributed by atoms with E-state index in [9.17, 15) is 14.0 Å². The maximum Gasteiger partial charge on any atom is 0.255 e. The molecule has 6 heteroatoms. The van der Waals surface area contributed by atoms with E-state index in [1.54, 1.807) is 30.2 Å². The molecule has 2 amide bonds. The van der Waals surface area contributed by atoms with Gasteiger partial charge in [-0.25, -0.2) is 4.39 Å². The zero-order chi connectivity index (χ0) is 21.8. The first kappa shape index (κ1) is 20.6. The number of nitrogens with zero attached hydrogens (tertiary/aromatic N) is 1. The van der Waals surface area contributed by atoms with E-state index in [1.807, 2.05) is 42.5 Å². The molecule has 5 nitrogen and oxygen atoms in total. The van der Waals surface area contributed by atoms with Crippen molar-refractivity contribution in [1.82, 2.24) is 10.2 Å². The summed E-state index contributed by atoms with van der Waals surface area (Å²) in [6.07, 6.45) is 0.0848. The van der Waals surface area contributed by atoms with Crippen LogP contribution in [0.2, 0.25) is 0 Å². The fraction of sp³-hybridized carbons (Fsp3) is 0.200. The van der Waals surface area contributed by atoms with Crippen LogP contribution in [0.25, 0.3) is 0 Å². The highest BCUT2D eigenvalue weighted by Gasteiger charge is 2.34. The predicted molar refractivity (Wildman–Crippen MR) is 115 cm³/mol. The van der Waals surface area contributed by atoms with E-state index in [0.717, 1.165) is 22.4 Å². The summed E-state index contributed by atoms with van der Waals surface area (Å²) >= 11 is 0. The van der Waals surface area contributed by atoms with Crippen molar-refractivity contribution < 1.29 is 18.7 Å². The second-order valence-corrected chi connectivity index (χ2v) is 7.49. The number of amides is 2. The summed E-state index contributed by atoms with van der Waals surface area (Å²) in [5.74, 6) is 0.0860. The standard InChI is InChI=1S/C25H23FN2O3/c1-31-21-12-6-17(7-13-21)15-27-24(29)14-23(18-8-10-20(26)11-9-18)28-16-19-4-2-3-5-22(19)25(28)30/h2-13,23H,14-16H2,1H3,(H,27,29). The first-order valence-corrected chi connectivity index (χ1v) is 10.1. The minimum atomic E-state index is -0.489. The van der Waals surface area contributed by atoms with Crippen LogP contribution in [0, 0.1) is 5.82 Å². The minimum absolute atomic E-state index is 0.0848. The summed E-state index contributed by atoms with van der Waals surface area (Å²) in [7, 11) is 1.60. The normalized spacial score (nSPS) is 13.6. The quantitative estimate of drug-likeness (QED) is 0.625. The van der Waals surface area contributed by atoms with Crippen LogP contribution < -0.4 is 10.1 Å². The Kier molecular flexibility index (Phi) is 5.98. The van der Waals surface area contributed by atoms with Gasteiger partial charge in [0.05, 0.1) is 19.6 Å². The van der Waals surface area contributed by atoms with E-state index in [2.05, 4.69) is 5.32 Å². The van der Waals surface area contributed by atoms with E-state index in [0.29, 0.717) is 18.7 Å². The van der Waals surface area contributed by atoms with Crippen LogP contribution in [0.4, 0.5) is 4.39 Å². The van der Waals surface area contributed by atoms with Gasteiger partial charge in [0.25, 0.3) is 5.91 Å². The lowest BCUT2D eigenvalue weighted by Gasteiger charge is -2.28. The largest absolute Gasteiger partial charge is 0.497 e. The predicted octanol–water partition coefficient (Wildman–Crippen LogP) is 4.24. The van der Waals surface area contributed by atoms with Gasteiger partial charge in [-0.05, 0) is 47.0 Å². The third-order valence-electron chi connectivity index (χ3n) is 5.51. The number of hydrogen-bond donors (Lipinski definition) is 1. The van der Waals surface area contributed by atoms with Crippen LogP contribution in [0.3, 0.4) is 0 Å². The zero-order valence-electron chi connectivity index (χ0n) is 17.2. The first-order chi connectivity index (χ1) is 15.0. The maximum absolute atomic E-state index is 13.5. The molecule has 0 bridgehead atoms. The van der Waals surface area contributed by atoms with Crippen LogP contribution in [-0.2, 0) is 17.9 Å². The first-order valence-electron chi connectivity index (χ1n) is 10.1. The molecule has 158 valence electrons. The van der Waals surface area contributed by atoms with Crippen LogP contribution in [0.5, 0.6) is 5.75 Å². The van der Waals surface area contributed by atoms with Gasteiger partial charge in [-0.1, -0.05) is 42.5 Å². The summed E-state index contributed by atoms with van der Waals surface area (Å²) < 4.78 is 18.6. The molecule has 0 radical (unpaired) electrons. The average molecular weight is 418 g/mol. The number of methoxy groups -OCH3 is 1. The fourth-order valence-electron chi connectivity index (χ4n) is 3.81. The SMILES string of the molecule is COc1ccc(CNC(=O)CC(c2ccc(F)cc2)N2Cc3ccccc3C2=O)cc1. The van der Waals surface area contributed by atoms with Gasteiger partial charge in [0.2, 0.25) is 5.91 Å². The maximum atomic E-state index is 13.5. The molecular weight excluding hydrogens is 395 g/mol. The molecule has 1 N–H and O–H groups in total. The van der Waals surface area contributed by atoms with Gasteiger partial charge in [-0.2, -0.15) is 0 Å². The van der Waals surface area contributed by atoms with Crippen molar-refractivity contribution in [3.8, 4) is 5.75 Å². The number of fused-ring (bicyclic) bond motifs is 1. The van der Waals surface area contributed by atoms with Gasteiger partial charge in [0.1, 0.15) is 11.6 Å². The lowest BCUT2D eigenvalue weighted by molar-refractivity contribution is -0.122. The highest BCUT2D eigenvalue weighted by molar-refractivity contribution is 5.98. The molecule has 1 atom stereocenters. The molecular formula is C25H23FN2O3. The van der Waals surface area contributed by atoms with E-state index in [1.165, 1.54) is 12.1 Å². The van der Waals surface area contributed by atoms with Crippen molar-refractivity contribution in [2.75, 3.05) is 7.11 Å². The Bertz CT molecular complexity index is 1080. The fourth-order valence-corrected chi connectivity index (χ4v) is 3.81. The second kappa shape index (κ2) is 9.00. The topological polar surface area (TPSA) is 58.6 Å². The Hall–Kier alpha value is -3.67. The Balaban J connectivity index is 1.50. The number of carbonyl (C=O) groups is 2. The molecule has 0 aromatic heterocycles. The van der Waals surface area contributed by atoms with Gasteiger partial charge in [0, 0.05) is 18.7 Å². The molecule has 0 saturated carbocycles. The van der Waals surface area contributed by atoms with Crippen LogP contribution in [-0.4, -0.2) is 23.8 Å². The Labute approximate surface area is 180 Å². The van der Waals surface area contributed by atoms with Crippen molar-refractivity contribution in [2.24, 2.45) is 0 Å². The third-order valence-corrected chi connectivity index (χ3v) is 5.51. The molecule has 31 heavy (non-hydrogen) atoms. The number of carbonyl (C=O) groups excluding carboxylic acids is 2. The summed E-state index contributed by atoms with van der Waals surface area (Å²) in [6, 6.07) is 20.4. The smallest absolute Gasteiger partial charge is 0.255 e. The van der Waals surface area contributed by atoms with E-state index >= 15 is 0 Å². The molecule has 4 rings (SSSR count).